The van der Waals surface area contributed by atoms with Gasteiger partial charge >= 0.3 is 0 Å². The molecule has 1 saturated carbocycles. The van der Waals surface area contributed by atoms with Crippen LogP contribution in [-0.2, 0) is 25.1 Å². The van der Waals surface area contributed by atoms with E-state index in [0.717, 1.165) is 70.0 Å². The van der Waals surface area contributed by atoms with Crippen LogP contribution in [-0.4, -0.2) is 75.6 Å². The third kappa shape index (κ3) is 8.20. The molecular weight excluding hydrogens is 617 g/mol. The number of nitrogens with one attached hydrogen (secondary N) is 1. The van der Waals surface area contributed by atoms with Crippen molar-refractivity contribution in [3.05, 3.63) is 58.9 Å². The minimum atomic E-state index is -3.75. The molecule has 5 rings (SSSR count). The van der Waals surface area contributed by atoms with Crippen LogP contribution >= 0.6 is 0 Å². The van der Waals surface area contributed by atoms with Gasteiger partial charge in [0.05, 0.1) is 18.6 Å². The van der Waals surface area contributed by atoms with E-state index in [-0.39, 0.29) is 29.9 Å². The molecule has 2 unspecified atom stereocenters. The molecule has 47 heavy (non-hydrogen) atoms. The average Bonchev–Trinajstić information content (AvgIpc) is 3.61. The Morgan fingerprint density at radius 3 is 2.36 bits per heavy atom. The van der Waals surface area contributed by atoms with E-state index in [4.69, 9.17) is 9.47 Å². The molecule has 2 aromatic carbocycles. The summed E-state index contributed by atoms with van der Waals surface area (Å²) in [5.41, 5.74) is 2.38. The van der Waals surface area contributed by atoms with Gasteiger partial charge in [-0.15, -0.1) is 0 Å². The normalized spacial score (nSPS) is 25.0. The van der Waals surface area contributed by atoms with E-state index in [9.17, 15) is 17.6 Å². The first-order valence-electron chi connectivity index (χ1n) is 17.6. The molecule has 2 heterocycles. The second-order valence-electron chi connectivity index (χ2n) is 13.9. The molecule has 260 valence electrons. The summed E-state index contributed by atoms with van der Waals surface area (Å²) >= 11 is 0. The molecule has 0 aromatic heterocycles. The zero-order valence-corrected chi connectivity index (χ0v) is 29.5. The van der Waals surface area contributed by atoms with E-state index in [1.807, 2.05) is 6.07 Å². The number of rotatable bonds is 13. The van der Waals surface area contributed by atoms with E-state index < -0.39 is 16.1 Å². The highest BCUT2D eigenvalue weighted by molar-refractivity contribution is 7.89. The maximum absolute atomic E-state index is 14.2. The van der Waals surface area contributed by atoms with Crippen molar-refractivity contribution in [2.75, 3.05) is 39.9 Å². The van der Waals surface area contributed by atoms with Gasteiger partial charge in [0.25, 0.3) is 0 Å². The van der Waals surface area contributed by atoms with Gasteiger partial charge in [-0.2, -0.15) is 4.31 Å². The van der Waals surface area contributed by atoms with E-state index in [1.165, 1.54) is 18.9 Å². The smallest absolute Gasteiger partial charge is 0.248 e. The fraction of sp³-hybridized carbons (Fsp3) is 0.649. The molecule has 3 fully saturated rings. The molecule has 2 aromatic rings. The van der Waals surface area contributed by atoms with Gasteiger partial charge in [-0.1, -0.05) is 18.6 Å². The maximum Gasteiger partial charge on any atom is 0.248 e. The van der Waals surface area contributed by atoms with E-state index in [2.05, 4.69) is 16.3 Å². The Balaban J connectivity index is 1.08. The summed E-state index contributed by atoms with van der Waals surface area (Å²) in [5.74, 6) is 0.912. The molecular formula is C37H54FN3O5S. The number of aryl methyl sites for hydroxylation is 2. The van der Waals surface area contributed by atoms with Crippen LogP contribution in [0.1, 0.15) is 94.2 Å². The summed E-state index contributed by atoms with van der Waals surface area (Å²) in [7, 11) is -2.17. The number of ether oxygens (including phenoxy) is 2. The molecule has 8 nitrogen and oxygen atoms in total. The Labute approximate surface area is 281 Å². The number of hydrogen-bond donors (Lipinski definition) is 1. The minimum absolute atomic E-state index is 0.0599. The Bertz CT molecular complexity index is 1450. The first kappa shape index (κ1) is 35.8. The second kappa shape index (κ2) is 15.8. The van der Waals surface area contributed by atoms with Gasteiger partial charge in [0.1, 0.15) is 17.7 Å². The van der Waals surface area contributed by atoms with Crippen molar-refractivity contribution >= 4 is 15.9 Å². The molecule has 0 bridgehead atoms. The van der Waals surface area contributed by atoms with Crippen molar-refractivity contribution in [2.45, 2.75) is 114 Å². The number of carbonyl (C=O) groups is 1. The van der Waals surface area contributed by atoms with Crippen LogP contribution in [0.3, 0.4) is 0 Å². The number of nitrogens with zero attached hydrogens (tertiary/aromatic N) is 2. The van der Waals surface area contributed by atoms with Crippen LogP contribution in [0.25, 0.3) is 0 Å². The van der Waals surface area contributed by atoms with Crippen molar-refractivity contribution in [1.82, 2.24) is 14.5 Å². The van der Waals surface area contributed by atoms with Gasteiger partial charge in [-0.3, -0.25) is 9.69 Å². The van der Waals surface area contributed by atoms with Crippen LogP contribution in [0, 0.1) is 25.6 Å². The van der Waals surface area contributed by atoms with Crippen LogP contribution in [0.15, 0.2) is 41.3 Å². The number of halogens is 1. The van der Waals surface area contributed by atoms with Crippen molar-refractivity contribution in [3.63, 3.8) is 0 Å². The summed E-state index contributed by atoms with van der Waals surface area (Å²) in [6, 6.07) is 10.4. The Morgan fingerprint density at radius 2 is 1.70 bits per heavy atom. The van der Waals surface area contributed by atoms with E-state index in [0.29, 0.717) is 47.2 Å². The molecule has 10 heteroatoms. The lowest BCUT2D eigenvalue weighted by Crippen LogP contribution is -2.47. The molecule has 3 aliphatic rings. The lowest BCUT2D eigenvalue weighted by atomic mass is 9.70. The van der Waals surface area contributed by atoms with Crippen molar-refractivity contribution in [2.24, 2.45) is 5.92 Å². The zero-order chi connectivity index (χ0) is 33.6. The molecule has 0 spiro atoms. The summed E-state index contributed by atoms with van der Waals surface area (Å²) < 4.78 is 54.8. The number of piperidine rings is 1. The highest BCUT2D eigenvalue weighted by Gasteiger charge is 2.42. The second-order valence-corrected chi connectivity index (χ2v) is 15.8. The highest BCUT2D eigenvalue weighted by atomic mass is 32.2. The number of amides is 1. The van der Waals surface area contributed by atoms with Gasteiger partial charge in [0.2, 0.25) is 15.9 Å². The monoisotopic (exact) mass is 671 g/mol. The van der Waals surface area contributed by atoms with E-state index in [1.54, 1.807) is 50.4 Å². The predicted molar refractivity (Wildman–Crippen MR) is 182 cm³/mol. The topological polar surface area (TPSA) is 88.2 Å². The van der Waals surface area contributed by atoms with Gasteiger partial charge < -0.3 is 14.8 Å². The van der Waals surface area contributed by atoms with Gasteiger partial charge in [-0.25, -0.2) is 12.8 Å². The van der Waals surface area contributed by atoms with E-state index >= 15 is 0 Å². The SMILES string of the molecule is COc1cc(C)c(S(=O)(=O)N2CCCCC2COC(C)C(=O)NCCCC2CCC(c3cccc(F)c3)(N3CCCC3)CC2)c(C)c1. The average molecular weight is 672 g/mol. The lowest BCUT2D eigenvalue weighted by molar-refractivity contribution is -0.132. The summed E-state index contributed by atoms with van der Waals surface area (Å²) in [6.07, 6.45) is 10.4. The molecule has 1 aliphatic carbocycles. The predicted octanol–water partition coefficient (Wildman–Crippen LogP) is 6.48. The Hall–Kier alpha value is -2.53. The maximum atomic E-state index is 14.2. The van der Waals surface area contributed by atoms with Gasteiger partial charge in [0, 0.05) is 24.7 Å². The van der Waals surface area contributed by atoms with Gasteiger partial charge in [0.15, 0.2) is 0 Å². The van der Waals surface area contributed by atoms with Crippen molar-refractivity contribution in [1.29, 1.82) is 0 Å². The number of methoxy groups -OCH3 is 1. The van der Waals surface area contributed by atoms with Crippen molar-refractivity contribution < 1.29 is 27.1 Å². The summed E-state index contributed by atoms with van der Waals surface area (Å²) in [5, 5.41) is 3.04. The summed E-state index contributed by atoms with van der Waals surface area (Å²) in [6.45, 7) is 8.71. The first-order valence-corrected chi connectivity index (χ1v) is 19.1. The number of hydrogen-bond acceptors (Lipinski definition) is 6. The number of sulfonamides is 1. The van der Waals surface area contributed by atoms with Gasteiger partial charge in [-0.05, 0) is 145 Å². The molecule has 2 aliphatic heterocycles. The molecule has 1 N–H and O–H groups in total. The quantitative estimate of drug-likeness (QED) is 0.246. The highest BCUT2D eigenvalue weighted by Crippen LogP contribution is 2.46. The first-order chi connectivity index (χ1) is 22.5. The fourth-order valence-corrected chi connectivity index (χ4v) is 10.3. The number of benzene rings is 2. The zero-order valence-electron chi connectivity index (χ0n) is 28.7. The van der Waals surface area contributed by atoms with Crippen LogP contribution in [0.2, 0.25) is 0 Å². The third-order valence-corrected chi connectivity index (χ3v) is 13.1. The standard InChI is InChI=1S/C37H54FN3O5S/c1-27-23-34(45-4)24-28(2)35(27)47(43,44)41-22-6-5-14-33(41)26-46-29(3)36(42)39-19-10-11-30-15-17-37(18-16-30,40-20-7-8-21-40)31-12-9-13-32(38)25-31/h9,12-13,23-25,29-30,33H,5-8,10-11,14-22,26H2,1-4H3,(H,39,42). The lowest BCUT2D eigenvalue weighted by Gasteiger charge is -2.47. The molecule has 1 amide bonds. The van der Waals surface area contributed by atoms with Crippen LogP contribution in [0.4, 0.5) is 4.39 Å². The molecule has 0 radical (unpaired) electrons. The van der Waals surface area contributed by atoms with Crippen LogP contribution in [0.5, 0.6) is 5.75 Å². The molecule has 2 atom stereocenters. The van der Waals surface area contributed by atoms with Crippen molar-refractivity contribution in [3.8, 4) is 5.75 Å². The summed E-state index contributed by atoms with van der Waals surface area (Å²) in [4.78, 5) is 15.8. The fourth-order valence-electron chi connectivity index (χ4n) is 8.24. The Morgan fingerprint density at radius 1 is 1.02 bits per heavy atom. The molecule has 2 saturated heterocycles. The largest absolute Gasteiger partial charge is 0.497 e. The number of carbonyl (C=O) groups excluding carboxylic acids is 1. The minimum Gasteiger partial charge on any atom is -0.497 e. The Kier molecular flexibility index (Phi) is 12.0. The number of likely N-dealkylation sites (tertiary alicyclic amines) is 1. The van der Waals surface area contributed by atoms with Crippen LogP contribution < -0.4 is 10.1 Å². The third-order valence-electron chi connectivity index (χ3n) is 10.8.